The summed E-state index contributed by atoms with van der Waals surface area (Å²) in [5, 5.41) is 3.36. The number of benzene rings is 1. The maximum atomic E-state index is 13.5. The van der Waals surface area contributed by atoms with E-state index in [1.807, 2.05) is 0 Å². The molecule has 2 aromatic heterocycles. The highest BCUT2D eigenvalue weighted by atomic mass is 32.2. The second kappa shape index (κ2) is 7.59. The van der Waals surface area contributed by atoms with E-state index in [0.29, 0.717) is 21.9 Å². The number of fused-ring (bicyclic) bond motifs is 1. The predicted octanol–water partition coefficient (Wildman–Crippen LogP) is 3.58. The van der Waals surface area contributed by atoms with Crippen LogP contribution in [0.15, 0.2) is 30.3 Å². The molecule has 0 atom stereocenters. The van der Waals surface area contributed by atoms with E-state index in [0.717, 1.165) is 6.07 Å². The highest BCUT2D eigenvalue weighted by molar-refractivity contribution is 7.87. The fourth-order valence-electron chi connectivity index (χ4n) is 2.48. The normalized spacial score (nSPS) is 12.4. The van der Waals surface area contributed by atoms with Gasteiger partial charge in [0.05, 0.1) is 19.9 Å². The van der Waals surface area contributed by atoms with Gasteiger partial charge in [-0.1, -0.05) is 0 Å². The van der Waals surface area contributed by atoms with Gasteiger partial charge in [0.1, 0.15) is 5.69 Å². The monoisotopic (exact) mass is 453 g/mol. The molecule has 0 saturated carbocycles. The van der Waals surface area contributed by atoms with Crippen molar-refractivity contribution in [3.63, 3.8) is 0 Å². The lowest BCUT2D eigenvalue weighted by molar-refractivity contribution is -0.0501. The summed E-state index contributed by atoms with van der Waals surface area (Å²) in [5.41, 5.74) is -6.49. The van der Waals surface area contributed by atoms with Crippen LogP contribution in [0.5, 0.6) is 17.4 Å². The van der Waals surface area contributed by atoms with Crippen molar-refractivity contribution in [1.29, 1.82) is 0 Å². The average Bonchev–Trinajstić information content (AvgIpc) is 3.06. The standard InChI is InChI=1S/C16H12F5N3O5S/c1-27-11-4-3-8(5-12(11)28-2)9-6-10(15(17)18)24-13(22-9)7-14(23-24)29-30(25,26)16(19,20)21/h3-7,15H,1-2H3. The smallest absolute Gasteiger partial charge is 0.493 e. The molecule has 0 N–H and O–H groups in total. The second-order valence-corrected chi connectivity index (χ2v) is 7.21. The molecule has 0 aliphatic heterocycles. The van der Waals surface area contributed by atoms with Gasteiger partial charge in [0.2, 0.25) is 0 Å². The van der Waals surface area contributed by atoms with Crippen molar-refractivity contribution in [2.24, 2.45) is 0 Å². The van der Waals surface area contributed by atoms with Gasteiger partial charge in [-0.05, 0) is 24.3 Å². The number of nitrogens with zero attached hydrogens (tertiary/aromatic N) is 3. The van der Waals surface area contributed by atoms with Gasteiger partial charge in [-0.25, -0.2) is 18.3 Å². The molecule has 14 heteroatoms. The molecule has 0 fully saturated rings. The van der Waals surface area contributed by atoms with Crippen molar-refractivity contribution < 1.29 is 44.0 Å². The Hall–Kier alpha value is -3.16. The van der Waals surface area contributed by atoms with Gasteiger partial charge in [-0.3, -0.25) is 0 Å². The molecule has 0 unspecified atom stereocenters. The van der Waals surface area contributed by atoms with Gasteiger partial charge in [-0.15, -0.1) is 5.10 Å². The molecule has 1 aromatic carbocycles. The van der Waals surface area contributed by atoms with Crippen molar-refractivity contribution in [3.05, 3.63) is 36.0 Å². The van der Waals surface area contributed by atoms with Crippen LogP contribution in [0.25, 0.3) is 16.9 Å². The van der Waals surface area contributed by atoms with Gasteiger partial charge in [0.15, 0.2) is 17.1 Å². The molecule has 2 heterocycles. The van der Waals surface area contributed by atoms with E-state index in [9.17, 15) is 30.4 Å². The number of aromatic nitrogens is 3. The third-order valence-corrected chi connectivity index (χ3v) is 4.77. The van der Waals surface area contributed by atoms with E-state index in [-0.39, 0.29) is 17.1 Å². The Morgan fingerprint density at radius 3 is 2.27 bits per heavy atom. The largest absolute Gasteiger partial charge is 0.534 e. The van der Waals surface area contributed by atoms with Crippen LogP contribution >= 0.6 is 0 Å². The molecule has 162 valence electrons. The molecule has 0 spiro atoms. The maximum Gasteiger partial charge on any atom is 0.534 e. The molecule has 0 amide bonds. The van der Waals surface area contributed by atoms with Gasteiger partial charge in [0, 0.05) is 11.6 Å². The Bertz CT molecular complexity index is 1190. The second-order valence-electron chi connectivity index (χ2n) is 5.67. The lowest BCUT2D eigenvalue weighted by atomic mass is 10.1. The Morgan fingerprint density at radius 2 is 1.70 bits per heavy atom. The SMILES string of the molecule is COc1ccc(-c2cc(C(F)F)n3nc(OS(=O)(=O)C(F)(F)F)cc3n2)cc1OC. The molecule has 3 rings (SSSR count). The van der Waals surface area contributed by atoms with Crippen LogP contribution in [0.3, 0.4) is 0 Å². The Balaban J connectivity index is 2.13. The van der Waals surface area contributed by atoms with E-state index < -0.39 is 33.6 Å². The van der Waals surface area contributed by atoms with E-state index in [2.05, 4.69) is 14.3 Å². The van der Waals surface area contributed by atoms with E-state index >= 15 is 0 Å². The zero-order valence-electron chi connectivity index (χ0n) is 15.1. The molecule has 0 saturated heterocycles. The van der Waals surface area contributed by atoms with Gasteiger partial charge >= 0.3 is 15.6 Å². The summed E-state index contributed by atoms with van der Waals surface area (Å²) in [7, 11) is -3.26. The molecule has 0 aliphatic rings. The topological polar surface area (TPSA) is 92.0 Å². The van der Waals surface area contributed by atoms with Crippen LogP contribution in [0, 0.1) is 0 Å². The number of hydrogen-bond donors (Lipinski definition) is 0. The highest BCUT2D eigenvalue weighted by Crippen LogP contribution is 2.34. The highest BCUT2D eigenvalue weighted by Gasteiger charge is 2.49. The van der Waals surface area contributed by atoms with Crippen LogP contribution in [0.1, 0.15) is 12.1 Å². The van der Waals surface area contributed by atoms with Gasteiger partial charge < -0.3 is 13.7 Å². The molecular weight excluding hydrogens is 441 g/mol. The lowest BCUT2D eigenvalue weighted by Gasteiger charge is -2.11. The fraction of sp³-hybridized carbons (Fsp3) is 0.250. The van der Waals surface area contributed by atoms with Crippen LogP contribution in [-0.4, -0.2) is 42.7 Å². The average molecular weight is 453 g/mol. The predicted molar refractivity (Wildman–Crippen MR) is 92.1 cm³/mol. The van der Waals surface area contributed by atoms with E-state index in [4.69, 9.17) is 9.47 Å². The Labute approximate surface area is 165 Å². The Kier molecular flexibility index (Phi) is 5.45. The van der Waals surface area contributed by atoms with Crippen LogP contribution in [0.2, 0.25) is 0 Å². The minimum Gasteiger partial charge on any atom is -0.493 e. The molecule has 3 aromatic rings. The minimum absolute atomic E-state index is 0.00359. The Morgan fingerprint density at radius 1 is 1.03 bits per heavy atom. The first-order valence-corrected chi connectivity index (χ1v) is 9.29. The number of hydrogen-bond acceptors (Lipinski definition) is 7. The molecule has 8 nitrogen and oxygen atoms in total. The summed E-state index contributed by atoms with van der Waals surface area (Å²) in [6.07, 6.45) is -3.11. The fourth-order valence-corrected chi connectivity index (χ4v) is 2.88. The summed E-state index contributed by atoms with van der Waals surface area (Å²) in [5.74, 6) is -0.413. The number of halogens is 5. The zero-order chi connectivity index (χ0) is 22.3. The molecule has 30 heavy (non-hydrogen) atoms. The minimum atomic E-state index is -6.03. The number of alkyl halides is 5. The summed E-state index contributed by atoms with van der Waals surface area (Å²) >= 11 is 0. The summed E-state index contributed by atoms with van der Waals surface area (Å²) in [4.78, 5) is 4.05. The molecular formula is C16H12F5N3O5S. The van der Waals surface area contributed by atoms with Crippen molar-refractivity contribution in [2.45, 2.75) is 11.9 Å². The molecule has 0 radical (unpaired) electrons. The maximum absolute atomic E-state index is 13.5. The van der Waals surface area contributed by atoms with Crippen LogP contribution in [0.4, 0.5) is 22.0 Å². The first-order valence-electron chi connectivity index (χ1n) is 7.89. The zero-order valence-corrected chi connectivity index (χ0v) is 16.0. The van der Waals surface area contributed by atoms with Gasteiger partial charge in [-0.2, -0.15) is 21.6 Å². The number of methoxy groups -OCH3 is 2. The lowest BCUT2D eigenvalue weighted by Crippen LogP contribution is -2.28. The third-order valence-electron chi connectivity index (χ3n) is 3.81. The third kappa shape index (κ3) is 3.94. The van der Waals surface area contributed by atoms with Crippen LogP contribution < -0.4 is 13.7 Å². The number of rotatable bonds is 6. The number of ether oxygens (including phenoxy) is 2. The van der Waals surface area contributed by atoms with Crippen molar-refractivity contribution in [3.8, 4) is 28.6 Å². The van der Waals surface area contributed by atoms with E-state index in [1.165, 1.54) is 32.4 Å². The summed E-state index contributed by atoms with van der Waals surface area (Å²) in [6, 6.07) is 6.10. The van der Waals surface area contributed by atoms with E-state index in [1.54, 1.807) is 0 Å². The molecule has 0 bridgehead atoms. The van der Waals surface area contributed by atoms with Crippen molar-refractivity contribution in [1.82, 2.24) is 14.6 Å². The van der Waals surface area contributed by atoms with Crippen molar-refractivity contribution >= 4 is 15.8 Å². The summed E-state index contributed by atoms with van der Waals surface area (Å²) in [6.45, 7) is 0. The first-order chi connectivity index (χ1) is 14.0. The molecule has 0 aliphatic carbocycles. The summed E-state index contributed by atoms with van der Waals surface area (Å²) < 4.78 is 101. The van der Waals surface area contributed by atoms with Crippen LogP contribution in [-0.2, 0) is 10.1 Å². The first kappa shape index (κ1) is 21.5. The van der Waals surface area contributed by atoms with Crippen molar-refractivity contribution in [2.75, 3.05) is 14.2 Å². The van der Waals surface area contributed by atoms with Gasteiger partial charge in [0.25, 0.3) is 12.3 Å². The quantitative estimate of drug-likeness (QED) is 0.320.